The molecule has 9 heteroatoms. The molecule has 0 spiro atoms. The number of carbonyl (C=O) groups excluding carboxylic acids is 1. The molecule has 0 saturated heterocycles. The minimum absolute atomic E-state index is 0.0263. The van der Waals surface area contributed by atoms with Gasteiger partial charge in [-0.05, 0) is 83.0 Å². The summed E-state index contributed by atoms with van der Waals surface area (Å²) in [5, 5.41) is 15.1. The lowest BCUT2D eigenvalue weighted by Crippen LogP contribution is -2.54. The van der Waals surface area contributed by atoms with E-state index in [1.54, 1.807) is 10.7 Å². The van der Waals surface area contributed by atoms with Crippen LogP contribution in [0.15, 0.2) is 65.3 Å². The molecule has 0 unspecified atom stereocenters. The highest BCUT2D eigenvalue weighted by atomic mass is 79.9. The molecule has 2 amide bonds. The maximum Gasteiger partial charge on any atom is 0.315 e. The third-order valence-electron chi connectivity index (χ3n) is 9.06. The highest BCUT2D eigenvalue weighted by Gasteiger charge is 2.61. The smallest absolute Gasteiger partial charge is 0.315 e. The van der Waals surface area contributed by atoms with E-state index in [0.29, 0.717) is 35.6 Å². The molecule has 3 fully saturated rings. The van der Waals surface area contributed by atoms with Crippen LogP contribution < -0.4 is 16.0 Å². The van der Waals surface area contributed by atoms with E-state index < -0.39 is 0 Å². The van der Waals surface area contributed by atoms with Crippen LogP contribution in [0.4, 0.5) is 10.6 Å². The van der Waals surface area contributed by atoms with Gasteiger partial charge in [0, 0.05) is 35.3 Å². The lowest BCUT2D eigenvalue weighted by molar-refractivity contribution is 0.195. The average molecular weight is 606 g/mol. The Morgan fingerprint density at radius 2 is 1.77 bits per heavy atom. The first-order chi connectivity index (χ1) is 19.0. The molecular weight excluding hydrogens is 576 g/mol. The van der Waals surface area contributed by atoms with Crippen molar-refractivity contribution in [2.45, 2.75) is 50.7 Å². The Labute approximate surface area is 240 Å². The summed E-state index contributed by atoms with van der Waals surface area (Å²) in [7, 11) is 0. The van der Waals surface area contributed by atoms with Crippen LogP contribution in [0, 0.1) is 17.8 Å². The summed E-state index contributed by atoms with van der Waals surface area (Å²) in [5.41, 5.74) is 4.62. The zero-order chi connectivity index (χ0) is 26.6. The quantitative estimate of drug-likeness (QED) is 0.216. The number of amides is 2. The van der Waals surface area contributed by atoms with Crippen LogP contribution >= 0.6 is 27.5 Å². The lowest BCUT2D eigenvalue weighted by Gasteiger charge is -2.35. The first-order valence-corrected chi connectivity index (χ1v) is 14.8. The second kappa shape index (κ2) is 9.82. The summed E-state index contributed by atoms with van der Waals surface area (Å²) in [5.74, 6) is 3.01. The van der Waals surface area contributed by atoms with Crippen LogP contribution in [-0.4, -0.2) is 26.2 Å². The third kappa shape index (κ3) is 4.47. The fourth-order valence-corrected chi connectivity index (χ4v) is 7.90. The van der Waals surface area contributed by atoms with Gasteiger partial charge in [0.05, 0.1) is 16.4 Å². The minimum Gasteiger partial charge on any atom is -0.366 e. The Kier molecular flexibility index (Phi) is 6.27. The van der Waals surface area contributed by atoms with E-state index in [4.69, 9.17) is 16.6 Å². The summed E-state index contributed by atoms with van der Waals surface area (Å²) in [6, 6.07) is 17.9. The van der Waals surface area contributed by atoms with Gasteiger partial charge < -0.3 is 16.0 Å². The molecule has 200 valence electrons. The normalized spacial score (nSPS) is 24.8. The Bertz CT molecular complexity index is 1540. The molecule has 3 aliphatic carbocycles. The van der Waals surface area contributed by atoms with Crippen molar-refractivity contribution in [1.82, 2.24) is 25.2 Å². The SMILES string of the molecule is O=C(NCc1ccc(CNc2cc(-c3ccccc3Cl)nc3c(Br)cnn23)cc1)N[C@@]12C[C@@H]3C[C@H]1CC[C@H]2C3. The van der Waals surface area contributed by atoms with Gasteiger partial charge in [-0.2, -0.15) is 9.61 Å². The molecule has 3 N–H and O–H groups in total. The van der Waals surface area contributed by atoms with Crippen molar-refractivity contribution < 1.29 is 4.79 Å². The first-order valence-electron chi connectivity index (χ1n) is 13.7. The van der Waals surface area contributed by atoms with Gasteiger partial charge in [0.15, 0.2) is 5.65 Å². The number of nitrogens with one attached hydrogen (secondary N) is 3. The second-order valence-electron chi connectivity index (χ2n) is 11.3. The van der Waals surface area contributed by atoms with Crippen LogP contribution in [0.3, 0.4) is 0 Å². The number of fused-ring (bicyclic) bond motifs is 2. The summed E-state index contributed by atoms with van der Waals surface area (Å²) in [6.45, 7) is 1.13. The van der Waals surface area contributed by atoms with E-state index in [-0.39, 0.29) is 11.6 Å². The van der Waals surface area contributed by atoms with Crippen LogP contribution in [0.25, 0.3) is 16.9 Å². The molecule has 2 bridgehead atoms. The molecule has 7 nitrogen and oxygen atoms in total. The predicted octanol–water partition coefficient (Wildman–Crippen LogP) is 6.80. The van der Waals surface area contributed by atoms with Crippen molar-refractivity contribution in [2.75, 3.05) is 5.32 Å². The number of anilines is 1. The number of hydrogen-bond acceptors (Lipinski definition) is 4. The molecule has 0 aliphatic heterocycles. The Morgan fingerprint density at radius 1 is 1.05 bits per heavy atom. The van der Waals surface area contributed by atoms with Gasteiger partial charge in [-0.3, -0.25) is 0 Å². The van der Waals surface area contributed by atoms with Crippen LogP contribution in [-0.2, 0) is 13.1 Å². The van der Waals surface area contributed by atoms with Crippen LogP contribution in [0.1, 0.15) is 43.2 Å². The number of hydrogen-bond donors (Lipinski definition) is 3. The lowest BCUT2D eigenvalue weighted by atomic mass is 9.82. The number of rotatable bonds is 7. The third-order valence-corrected chi connectivity index (χ3v) is 9.95. The van der Waals surface area contributed by atoms with Gasteiger partial charge in [-0.1, -0.05) is 54.1 Å². The highest BCUT2D eigenvalue weighted by molar-refractivity contribution is 9.10. The van der Waals surface area contributed by atoms with Gasteiger partial charge in [-0.25, -0.2) is 9.78 Å². The van der Waals surface area contributed by atoms with E-state index in [1.807, 2.05) is 30.3 Å². The molecule has 3 saturated carbocycles. The zero-order valence-electron chi connectivity index (χ0n) is 21.5. The number of aromatic nitrogens is 3. The van der Waals surface area contributed by atoms with Gasteiger partial charge in [-0.15, -0.1) is 0 Å². The minimum atomic E-state index is -0.0263. The monoisotopic (exact) mass is 604 g/mol. The number of benzene rings is 2. The number of halogens is 2. The maximum absolute atomic E-state index is 12.8. The molecule has 4 aromatic rings. The van der Waals surface area contributed by atoms with E-state index in [1.165, 1.54) is 32.1 Å². The van der Waals surface area contributed by atoms with Crippen molar-refractivity contribution >= 4 is 45.0 Å². The Balaban J connectivity index is 1.00. The predicted molar refractivity (Wildman–Crippen MR) is 157 cm³/mol. The van der Waals surface area contributed by atoms with E-state index in [9.17, 15) is 4.79 Å². The topological polar surface area (TPSA) is 83.3 Å². The molecule has 7 rings (SSSR count). The summed E-state index contributed by atoms with van der Waals surface area (Å²) in [4.78, 5) is 17.6. The van der Waals surface area contributed by atoms with E-state index in [2.05, 4.69) is 61.2 Å². The van der Waals surface area contributed by atoms with Crippen molar-refractivity contribution in [2.24, 2.45) is 17.8 Å². The number of carbonyl (C=O) groups is 1. The molecular formula is C30H30BrClN6O. The van der Waals surface area contributed by atoms with Crippen LogP contribution in [0.5, 0.6) is 0 Å². The average Bonchev–Trinajstić information content (AvgIpc) is 3.62. The van der Waals surface area contributed by atoms with Crippen LogP contribution in [0.2, 0.25) is 5.02 Å². The number of urea groups is 1. The first kappa shape index (κ1) is 24.9. The van der Waals surface area contributed by atoms with E-state index in [0.717, 1.165) is 38.6 Å². The summed E-state index contributed by atoms with van der Waals surface area (Å²) >= 11 is 10.0. The highest BCUT2D eigenvalue weighted by Crippen LogP contribution is 2.62. The van der Waals surface area contributed by atoms with Crippen molar-refractivity contribution in [3.05, 3.63) is 81.4 Å². The molecule has 4 atom stereocenters. The fourth-order valence-electron chi connectivity index (χ4n) is 7.32. The molecule has 2 heterocycles. The Morgan fingerprint density at radius 3 is 2.51 bits per heavy atom. The fraction of sp³-hybridized carbons (Fsp3) is 0.367. The molecule has 2 aromatic carbocycles. The summed E-state index contributed by atoms with van der Waals surface area (Å²) < 4.78 is 2.59. The molecule has 3 aliphatic rings. The van der Waals surface area contributed by atoms with Gasteiger partial charge in [0.25, 0.3) is 0 Å². The zero-order valence-corrected chi connectivity index (χ0v) is 23.8. The van der Waals surface area contributed by atoms with Gasteiger partial charge in [0.2, 0.25) is 0 Å². The van der Waals surface area contributed by atoms with Gasteiger partial charge in [0.1, 0.15) is 5.82 Å². The van der Waals surface area contributed by atoms with E-state index >= 15 is 0 Å². The largest absolute Gasteiger partial charge is 0.366 e. The Hall–Kier alpha value is -3.10. The van der Waals surface area contributed by atoms with Crippen molar-refractivity contribution in [1.29, 1.82) is 0 Å². The summed E-state index contributed by atoms with van der Waals surface area (Å²) in [6.07, 6.45) is 8.08. The molecule has 0 radical (unpaired) electrons. The number of nitrogens with zero attached hydrogens (tertiary/aromatic N) is 3. The van der Waals surface area contributed by atoms with Crippen molar-refractivity contribution in [3.63, 3.8) is 0 Å². The second-order valence-corrected chi connectivity index (χ2v) is 12.5. The molecule has 2 aromatic heterocycles. The standard InChI is InChI=1S/C30H30BrClN6O/c31-24-17-35-38-27(13-26(36-28(24)38)23-3-1-2-4-25(23)32)33-15-18-5-7-19(8-6-18)16-34-29(39)37-30-14-20-11-21(30)9-10-22(30)12-20/h1-8,13,17,20-22,33H,9-12,14-16H2,(H2,34,37,39)/t20-,21-,22+,30+. The van der Waals surface area contributed by atoms with Crippen molar-refractivity contribution in [3.8, 4) is 11.3 Å². The van der Waals surface area contributed by atoms with Gasteiger partial charge >= 0.3 is 6.03 Å². The molecule has 39 heavy (non-hydrogen) atoms. The maximum atomic E-state index is 12.8.